The lowest BCUT2D eigenvalue weighted by atomic mass is 9.98. The maximum absolute atomic E-state index is 12.7. The van der Waals surface area contributed by atoms with E-state index in [4.69, 9.17) is 0 Å². The summed E-state index contributed by atoms with van der Waals surface area (Å²) in [6.07, 6.45) is 3.16. The Morgan fingerprint density at radius 3 is 2.54 bits per heavy atom. The van der Waals surface area contributed by atoms with Crippen molar-refractivity contribution in [3.8, 4) is 0 Å². The smallest absolute Gasteiger partial charge is 0.243 e. The summed E-state index contributed by atoms with van der Waals surface area (Å²) in [4.78, 5) is 8.76. The number of aryl methyl sites for hydroxylation is 1. The fourth-order valence-corrected chi connectivity index (χ4v) is 4.69. The van der Waals surface area contributed by atoms with Gasteiger partial charge in [-0.15, -0.1) is 0 Å². The second-order valence-corrected chi connectivity index (χ2v) is 8.70. The molecule has 0 spiro atoms. The van der Waals surface area contributed by atoms with Gasteiger partial charge >= 0.3 is 0 Å². The molecule has 1 fully saturated rings. The summed E-state index contributed by atoms with van der Waals surface area (Å²) in [5.74, 6) is 1.92. The van der Waals surface area contributed by atoms with E-state index < -0.39 is 10.0 Å². The Kier molecular flexibility index (Phi) is 6.63. The largest absolute Gasteiger partial charge is 0.356 e. The van der Waals surface area contributed by atoms with E-state index in [2.05, 4.69) is 25.7 Å². The van der Waals surface area contributed by atoms with Crippen LogP contribution in [0.25, 0.3) is 0 Å². The third-order valence-corrected chi connectivity index (χ3v) is 6.87. The van der Waals surface area contributed by atoms with E-state index in [1.54, 1.807) is 40.3 Å². The number of hydrogen-bond acceptors (Lipinski definition) is 5. The van der Waals surface area contributed by atoms with E-state index in [0.717, 1.165) is 25.2 Å². The van der Waals surface area contributed by atoms with Gasteiger partial charge in [-0.25, -0.2) is 13.4 Å². The Morgan fingerprint density at radius 2 is 1.93 bits per heavy atom. The molecule has 2 N–H and O–H groups in total. The number of piperidine rings is 1. The molecule has 2 heterocycles. The predicted molar refractivity (Wildman–Crippen MR) is 107 cm³/mol. The van der Waals surface area contributed by atoms with Gasteiger partial charge in [-0.1, -0.05) is 18.2 Å². The number of rotatable bonds is 6. The normalized spacial score (nSPS) is 16.9. The molecule has 152 valence electrons. The van der Waals surface area contributed by atoms with Crippen LogP contribution in [0.4, 0.5) is 0 Å². The number of benzene rings is 1. The Balaban J connectivity index is 1.45. The molecule has 0 atom stereocenters. The van der Waals surface area contributed by atoms with Gasteiger partial charge in [0.1, 0.15) is 12.2 Å². The van der Waals surface area contributed by atoms with E-state index in [1.807, 2.05) is 13.1 Å². The molecule has 3 rings (SSSR count). The van der Waals surface area contributed by atoms with Gasteiger partial charge in [0.15, 0.2) is 5.96 Å². The van der Waals surface area contributed by atoms with Crippen LogP contribution in [0, 0.1) is 5.92 Å². The number of aromatic nitrogens is 3. The first kappa shape index (κ1) is 20.3. The highest BCUT2D eigenvalue weighted by Gasteiger charge is 2.29. The molecule has 1 aliphatic rings. The second kappa shape index (κ2) is 9.16. The highest BCUT2D eigenvalue weighted by atomic mass is 32.2. The molecule has 1 saturated heterocycles. The van der Waals surface area contributed by atoms with Crippen LogP contribution >= 0.6 is 0 Å². The zero-order valence-corrected chi connectivity index (χ0v) is 17.1. The first-order chi connectivity index (χ1) is 13.5. The third kappa shape index (κ3) is 4.87. The van der Waals surface area contributed by atoms with Crippen LogP contribution < -0.4 is 10.6 Å². The zero-order chi connectivity index (χ0) is 20.0. The standard InChI is InChI=1S/C18H27N7O2S/c1-19-18(21-13-17-22-14-23-24(17)2)20-12-15-8-10-25(11-9-15)28(26,27)16-6-4-3-5-7-16/h3-7,14-15H,8-13H2,1-2H3,(H2,19,20,21). The zero-order valence-electron chi connectivity index (χ0n) is 16.2. The van der Waals surface area contributed by atoms with E-state index in [9.17, 15) is 8.42 Å². The van der Waals surface area contributed by atoms with Gasteiger partial charge in [0.05, 0.1) is 11.4 Å². The van der Waals surface area contributed by atoms with Gasteiger partial charge in [-0.3, -0.25) is 9.67 Å². The van der Waals surface area contributed by atoms with Gasteiger partial charge in [0, 0.05) is 33.7 Å². The molecule has 0 bridgehead atoms. The van der Waals surface area contributed by atoms with Crippen molar-refractivity contribution in [3.05, 3.63) is 42.5 Å². The van der Waals surface area contributed by atoms with E-state index in [-0.39, 0.29) is 0 Å². The summed E-state index contributed by atoms with van der Waals surface area (Å²) in [6, 6.07) is 8.63. The molecule has 1 aromatic heterocycles. The van der Waals surface area contributed by atoms with E-state index in [0.29, 0.717) is 36.4 Å². The number of nitrogens with zero attached hydrogens (tertiary/aromatic N) is 5. The predicted octanol–water partition coefficient (Wildman–Crippen LogP) is 0.581. The van der Waals surface area contributed by atoms with Crippen molar-refractivity contribution in [1.29, 1.82) is 0 Å². The lowest BCUT2D eigenvalue weighted by molar-refractivity contribution is 0.273. The Hall–Kier alpha value is -2.46. The van der Waals surface area contributed by atoms with Crippen LogP contribution in [0.15, 0.2) is 46.5 Å². The minimum absolute atomic E-state index is 0.361. The van der Waals surface area contributed by atoms with Crippen molar-refractivity contribution in [1.82, 2.24) is 29.7 Å². The molecule has 10 heteroatoms. The topological polar surface area (TPSA) is 105 Å². The number of nitrogens with one attached hydrogen (secondary N) is 2. The minimum atomic E-state index is -3.40. The fourth-order valence-electron chi connectivity index (χ4n) is 3.20. The molecule has 28 heavy (non-hydrogen) atoms. The molecule has 1 aromatic carbocycles. The molecule has 0 radical (unpaired) electrons. The highest BCUT2D eigenvalue weighted by molar-refractivity contribution is 7.89. The van der Waals surface area contributed by atoms with Crippen LogP contribution in [0.1, 0.15) is 18.7 Å². The van der Waals surface area contributed by atoms with Crippen LogP contribution in [0.5, 0.6) is 0 Å². The lowest BCUT2D eigenvalue weighted by Crippen LogP contribution is -2.44. The third-order valence-electron chi connectivity index (χ3n) is 4.96. The van der Waals surface area contributed by atoms with Crippen molar-refractivity contribution in [2.75, 3.05) is 26.7 Å². The Labute approximate surface area is 165 Å². The van der Waals surface area contributed by atoms with Gasteiger partial charge < -0.3 is 10.6 Å². The second-order valence-electron chi connectivity index (χ2n) is 6.77. The number of guanidine groups is 1. The minimum Gasteiger partial charge on any atom is -0.356 e. The summed E-state index contributed by atoms with van der Waals surface area (Å²) in [5.41, 5.74) is 0. The van der Waals surface area contributed by atoms with Crippen molar-refractivity contribution in [2.24, 2.45) is 18.0 Å². The van der Waals surface area contributed by atoms with E-state index >= 15 is 0 Å². The summed E-state index contributed by atoms with van der Waals surface area (Å²) in [5, 5.41) is 10.6. The van der Waals surface area contributed by atoms with Crippen LogP contribution in [-0.4, -0.2) is 60.1 Å². The number of sulfonamides is 1. The van der Waals surface area contributed by atoms with Crippen molar-refractivity contribution in [2.45, 2.75) is 24.3 Å². The van der Waals surface area contributed by atoms with Crippen LogP contribution in [-0.2, 0) is 23.6 Å². The van der Waals surface area contributed by atoms with Gasteiger partial charge in [0.25, 0.3) is 0 Å². The molecule has 0 unspecified atom stereocenters. The first-order valence-electron chi connectivity index (χ1n) is 9.33. The fraction of sp³-hybridized carbons (Fsp3) is 0.500. The average molecular weight is 406 g/mol. The Morgan fingerprint density at radius 1 is 1.21 bits per heavy atom. The SMILES string of the molecule is CN=C(NCc1ncnn1C)NCC1CCN(S(=O)(=O)c2ccccc2)CC1. The molecular formula is C18H27N7O2S. The first-order valence-corrected chi connectivity index (χ1v) is 10.8. The molecule has 0 amide bonds. The maximum atomic E-state index is 12.7. The maximum Gasteiger partial charge on any atom is 0.243 e. The van der Waals surface area contributed by atoms with Crippen molar-refractivity contribution < 1.29 is 8.42 Å². The van der Waals surface area contributed by atoms with Gasteiger partial charge in [-0.2, -0.15) is 9.40 Å². The van der Waals surface area contributed by atoms with Crippen LogP contribution in [0.3, 0.4) is 0 Å². The van der Waals surface area contributed by atoms with Gasteiger partial charge in [0.2, 0.25) is 10.0 Å². The Bertz CT molecular complexity index is 888. The number of hydrogen-bond donors (Lipinski definition) is 2. The van der Waals surface area contributed by atoms with E-state index in [1.165, 1.54) is 6.33 Å². The van der Waals surface area contributed by atoms with Crippen molar-refractivity contribution >= 4 is 16.0 Å². The summed E-state index contributed by atoms with van der Waals surface area (Å²) >= 11 is 0. The number of aliphatic imine (C=N–C) groups is 1. The summed E-state index contributed by atoms with van der Waals surface area (Å²) in [7, 11) is 0.170. The molecule has 2 aromatic rings. The summed E-state index contributed by atoms with van der Waals surface area (Å²) < 4.78 is 28.7. The molecule has 0 aliphatic carbocycles. The quantitative estimate of drug-likeness (QED) is 0.538. The molecule has 9 nitrogen and oxygen atoms in total. The molecular weight excluding hydrogens is 378 g/mol. The molecule has 0 saturated carbocycles. The highest BCUT2D eigenvalue weighted by Crippen LogP contribution is 2.23. The lowest BCUT2D eigenvalue weighted by Gasteiger charge is -2.31. The van der Waals surface area contributed by atoms with Crippen LogP contribution in [0.2, 0.25) is 0 Å². The monoisotopic (exact) mass is 405 g/mol. The average Bonchev–Trinajstić information content (AvgIpc) is 3.14. The van der Waals surface area contributed by atoms with Crippen molar-refractivity contribution in [3.63, 3.8) is 0 Å². The molecule has 1 aliphatic heterocycles. The van der Waals surface area contributed by atoms with Gasteiger partial charge in [-0.05, 0) is 30.9 Å². The summed E-state index contributed by atoms with van der Waals surface area (Å²) in [6.45, 7) is 2.35.